The average molecular weight is 267 g/mol. The quantitative estimate of drug-likeness (QED) is 0.854. The van der Waals surface area contributed by atoms with Gasteiger partial charge in [0, 0.05) is 43.9 Å². The van der Waals surface area contributed by atoms with Crippen LogP contribution in [0.25, 0.3) is 0 Å². The van der Waals surface area contributed by atoms with Crippen LogP contribution in [0, 0.1) is 17.2 Å². The molecule has 5 heteroatoms. The summed E-state index contributed by atoms with van der Waals surface area (Å²) < 4.78 is 2.01. The smallest absolute Gasteiger partial charge is 0.142 e. The first-order chi connectivity index (χ1) is 9.85. The van der Waals surface area contributed by atoms with Crippen LogP contribution in [0.1, 0.15) is 18.5 Å². The largest absolute Gasteiger partial charge is 0.371 e. The molecule has 3 heterocycles. The maximum Gasteiger partial charge on any atom is 0.142 e. The third-order valence-corrected chi connectivity index (χ3v) is 3.84. The van der Waals surface area contributed by atoms with E-state index >= 15 is 0 Å². The van der Waals surface area contributed by atoms with Crippen molar-refractivity contribution < 1.29 is 0 Å². The summed E-state index contributed by atoms with van der Waals surface area (Å²) in [4.78, 5) is 6.35. The molecule has 102 valence electrons. The number of hydrogen-bond donors (Lipinski definition) is 0. The van der Waals surface area contributed by atoms with Crippen molar-refractivity contribution in [1.82, 2.24) is 14.8 Å². The van der Waals surface area contributed by atoms with Gasteiger partial charge in [0.25, 0.3) is 0 Å². The van der Waals surface area contributed by atoms with Gasteiger partial charge in [0.2, 0.25) is 0 Å². The van der Waals surface area contributed by atoms with Crippen molar-refractivity contribution in [3.8, 4) is 6.07 Å². The fourth-order valence-electron chi connectivity index (χ4n) is 2.72. The fraction of sp³-hybridized carbons (Fsp3) is 0.400. The second-order valence-electron chi connectivity index (χ2n) is 5.17. The number of anilines is 1. The van der Waals surface area contributed by atoms with Crippen LogP contribution in [0.4, 0.5) is 5.69 Å². The first kappa shape index (κ1) is 12.7. The van der Waals surface area contributed by atoms with Crippen molar-refractivity contribution >= 4 is 5.69 Å². The molecule has 0 unspecified atom stereocenters. The highest BCUT2D eigenvalue weighted by Gasteiger charge is 2.20. The minimum Gasteiger partial charge on any atom is -0.371 e. The van der Waals surface area contributed by atoms with E-state index < -0.39 is 0 Å². The van der Waals surface area contributed by atoms with Gasteiger partial charge in [0.15, 0.2) is 0 Å². The van der Waals surface area contributed by atoms with Crippen LogP contribution >= 0.6 is 0 Å². The maximum atomic E-state index is 8.91. The second kappa shape index (κ2) is 5.74. The lowest BCUT2D eigenvalue weighted by atomic mass is 9.96. The fourth-order valence-corrected chi connectivity index (χ4v) is 2.72. The topological polar surface area (TPSA) is 57.7 Å². The first-order valence-corrected chi connectivity index (χ1v) is 6.93. The summed E-state index contributed by atoms with van der Waals surface area (Å²) in [5.41, 5.74) is 1.59. The molecular formula is C15H17N5. The van der Waals surface area contributed by atoms with E-state index in [9.17, 15) is 0 Å². The monoisotopic (exact) mass is 267 g/mol. The summed E-state index contributed by atoms with van der Waals surface area (Å²) in [5, 5.41) is 13.2. The molecule has 0 atom stereocenters. The number of pyridine rings is 1. The molecule has 0 aliphatic carbocycles. The Morgan fingerprint density at radius 1 is 1.30 bits per heavy atom. The van der Waals surface area contributed by atoms with Crippen molar-refractivity contribution in [2.75, 3.05) is 18.0 Å². The molecule has 1 saturated heterocycles. The number of nitriles is 1. The Kier molecular flexibility index (Phi) is 3.64. The molecule has 1 fully saturated rings. The normalized spacial score (nSPS) is 16.1. The third-order valence-electron chi connectivity index (χ3n) is 3.84. The highest BCUT2D eigenvalue weighted by atomic mass is 15.3. The van der Waals surface area contributed by atoms with Crippen molar-refractivity contribution in [2.24, 2.45) is 5.92 Å². The van der Waals surface area contributed by atoms with Crippen molar-refractivity contribution in [2.45, 2.75) is 19.4 Å². The summed E-state index contributed by atoms with van der Waals surface area (Å²) in [6.45, 7) is 3.06. The molecule has 0 radical (unpaired) electrons. The molecule has 3 rings (SSSR count). The zero-order valence-electron chi connectivity index (χ0n) is 11.3. The lowest BCUT2D eigenvalue weighted by Crippen LogP contribution is -2.35. The van der Waals surface area contributed by atoms with Gasteiger partial charge in [0.1, 0.15) is 11.8 Å². The van der Waals surface area contributed by atoms with Gasteiger partial charge in [-0.1, -0.05) is 0 Å². The van der Waals surface area contributed by atoms with Gasteiger partial charge >= 0.3 is 0 Å². The third kappa shape index (κ3) is 2.80. The molecule has 0 spiro atoms. The van der Waals surface area contributed by atoms with E-state index in [0.29, 0.717) is 11.6 Å². The van der Waals surface area contributed by atoms with Gasteiger partial charge in [-0.2, -0.15) is 10.4 Å². The van der Waals surface area contributed by atoms with Crippen LogP contribution in [-0.4, -0.2) is 27.9 Å². The highest BCUT2D eigenvalue weighted by Crippen LogP contribution is 2.24. The Hall–Kier alpha value is -2.35. The Bertz CT molecular complexity index is 591. The minimum atomic E-state index is 0.487. The number of aromatic nitrogens is 3. The van der Waals surface area contributed by atoms with Crippen molar-refractivity contribution in [1.29, 1.82) is 5.26 Å². The summed E-state index contributed by atoms with van der Waals surface area (Å²) in [6, 6.07) is 7.91. The van der Waals surface area contributed by atoms with E-state index in [-0.39, 0.29) is 0 Å². The summed E-state index contributed by atoms with van der Waals surface area (Å²) in [7, 11) is 0. The molecule has 0 amide bonds. The predicted molar refractivity (Wildman–Crippen MR) is 76.1 cm³/mol. The molecule has 20 heavy (non-hydrogen) atoms. The number of rotatable bonds is 3. The van der Waals surface area contributed by atoms with Crippen LogP contribution < -0.4 is 4.90 Å². The average Bonchev–Trinajstić information content (AvgIpc) is 3.01. The Morgan fingerprint density at radius 2 is 2.15 bits per heavy atom. The number of hydrogen-bond acceptors (Lipinski definition) is 4. The molecule has 0 bridgehead atoms. The molecule has 0 aromatic carbocycles. The Morgan fingerprint density at radius 3 is 2.85 bits per heavy atom. The van der Waals surface area contributed by atoms with E-state index in [1.165, 1.54) is 0 Å². The van der Waals surface area contributed by atoms with Gasteiger partial charge < -0.3 is 4.90 Å². The molecule has 2 aromatic rings. The summed E-state index contributed by atoms with van der Waals surface area (Å²) >= 11 is 0. The van der Waals surface area contributed by atoms with E-state index in [4.69, 9.17) is 5.26 Å². The standard InChI is InChI=1S/C15H17N5/c16-11-14-10-15(2-6-17-14)19-8-3-13(4-9-19)12-20-7-1-5-18-20/h1-2,5-7,10,13H,3-4,8-9,12H2. The van der Waals surface area contributed by atoms with Crippen LogP contribution in [0.15, 0.2) is 36.8 Å². The zero-order chi connectivity index (χ0) is 13.8. The second-order valence-corrected chi connectivity index (χ2v) is 5.17. The van der Waals surface area contributed by atoms with Gasteiger partial charge in [-0.25, -0.2) is 4.98 Å². The summed E-state index contributed by atoms with van der Waals surface area (Å²) in [5.74, 6) is 0.684. The van der Waals surface area contributed by atoms with E-state index in [1.807, 2.05) is 35.3 Å². The van der Waals surface area contributed by atoms with Crippen LogP contribution in [0.3, 0.4) is 0 Å². The maximum absolute atomic E-state index is 8.91. The molecule has 5 nitrogen and oxygen atoms in total. The van der Waals surface area contributed by atoms with Crippen LogP contribution in [0.5, 0.6) is 0 Å². The van der Waals surface area contributed by atoms with E-state index in [1.54, 1.807) is 6.20 Å². The van der Waals surface area contributed by atoms with Gasteiger partial charge in [-0.15, -0.1) is 0 Å². The van der Waals surface area contributed by atoms with Crippen LogP contribution in [-0.2, 0) is 6.54 Å². The molecule has 1 aliphatic rings. The lowest BCUT2D eigenvalue weighted by molar-refractivity contribution is 0.342. The zero-order valence-corrected chi connectivity index (χ0v) is 11.3. The van der Waals surface area contributed by atoms with Crippen molar-refractivity contribution in [3.63, 3.8) is 0 Å². The number of nitrogens with zero attached hydrogens (tertiary/aromatic N) is 5. The highest BCUT2D eigenvalue weighted by molar-refractivity contribution is 5.48. The molecular weight excluding hydrogens is 250 g/mol. The van der Waals surface area contributed by atoms with Gasteiger partial charge in [-0.3, -0.25) is 4.68 Å². The molecule has 1 aliphatic heterocycles. The SMILES string of the molecule is N#Cc1cc(N2CCC(Cn3cccn3)CC2)ccn1. The van der Waals surface area contributed by atoms with Gasteiger partial charge in [0.05, 0.1) is 0 Å². The Balaban J connectivity index is 1.59. The van der Waals surface area contributed by atoms with Gasteiger partial charge in [-0.05, 0) is 37.0 Å². The molecule has 2 aromatic heterocycles. The van der Waals surface area contributed by atoms with E-state index in [2.05, 4.69) is 21.1 Å². The summed E-state index contributed by atoms with van der Waals surface area (Å²) in [6.07, 6.45) is 7.88. The number of piperidine rings is 1. The lowest BCUT2D eigenvalue weighted by Gasteiger charge is -2.33. The Labute approximate surface area is 118 Å². The van der Waals surface area contributed by atoms with Crippen molar-refractivity contribution in [3.05, 3.63) is 42.5 Å². The molecule has 0 N–H and O–H groups in total. The first-order valence-electron chi connectivity index (χ1n) is 6.93. The van der Waals surface area contributed by atoms with Crippen LogP contribution in [0.2, 0.25) is 0 Å². The molecule has 0 saturated carbocycles. The predicted octanol–water partition coefficient (Wildman–Crippen LogP) is 2.07. The minimum absolute atomic E-state index is 0.487. The van der Waals surface area contributed by atoms with E-state index in [0.717, 1.165) is 38.2 Å².